The standard InChI is InChI=1S/C27H22BN6S3/c35-25-29(22-10-4-1-5-11-22)16-19-32(25)28(33-20-17-30(26(33)36)23-12-6-2-7-13-23)34-21-18-31(27(34)37)24-14-8-3-9-15-24/h1-21,28H. The summed E-state index contributed by atoms with van der Waals surface area (Å²) in [5, 5.41) is 0. The summed E-state index contributed by atoms with van der Waals surface area (Å²) in [7, 11) is -1.60. The van der Waals surface area contributed by atoms with Gasteiger partial charge in [0.2, 0.25) is 0 Å². The van der Waals surface area contributed by atoms with Crippen molar-refractivity contribution in [3.63, 3.8) is 0 Å². The molecule has 0 fully saturated rings. The van der Waals surface area contributed by atoms with Gasteiger partial charge in [-0.15, -0.1) is 0 Å². The van der Waals surface area contributed by atoms with E-state index in [1.165, 1.54) is 0 Å². The van der Waals surface area contributed by atoms with E-state index < -0.39 is 7.12 Å². The average molecular weight is 538 g/mol. The molecule has 0 N–H and O–H groups in total. The largest absolute Gasteiger partial charge is 0.575 e. The Hall–Kier alpha value is -3.99. The van der Waals surface area contributed by atoms with E-state index in [4.69, 9.17) is 36.7 Å². The smallest absolute Gasteiger partial charge is 0.463 e. The number of imidazole rings is 3. The summed E-state index contributed by atoms with van der Waals surface area (Å²) >= 11 is 18.0. The first kappa shape index (κ1) is 23.4. The first-order valence-corrected chi connectivity index (χ1v) is 13.1. The molecule has 0 aliphatic heterocycles. The maximum absolute atomic E-state index is 6.01. The molecule has 0 amide bonds. The highest BCUT2D eigenvalue weighted by Gasteiger charge is 2.20. The van der Waals surface area contributed by atoms with Gasteiger partial charge in [0, 0.05) is 30.0 Å². The topological polar surface area (TPSA) is 29.6 Å². The van der Waals surface area contributed by atoms with Crippen molar-refractivity contribution in [2.75, 3.05) is 0 Å². The maximum atomic E-state index is 6.01. The minimum Gasteiger partial charge on any atom is -0.463 e. The van der Waals surface area contributed by atoms with E-state index in [9.17, 15) is 0 Å². The van der Waals surface area contributed by atoms with Crippen LogP contribution in [0.4, 0.5) is 0 Å². The second kappa shape index (κ2) is 9.81. The fraction of sp³-hybridized carbons (Fsp3) is 0. The van der Waals surface area contributed by atoms with Crippen LogP contribution in [0, 0.1) is 14.3 Å². The Morgan fingerprint density at radius 2 is 0.811 bits per heavy atom. The number of nitrogens with zero attached hydrogens (tertiary/aromatic N) is 6. The summed E-state index contributed by atoms with van der Waals surface area (Å²) in [5.74, 6) is 0. The van der Waals surface area contributed by atoms with E-state index in [-0.39, 0.29) is 0 Å². The summed E-state index contributed by atoms with van der Waals surface area (Å²) in [4.78, 5) is 0. The van der Waals surface area contributed by atoms with Crippen molar-refractivity contribution in [1.82, 2.24) is 27.1 Å². The minimum atomic E-state index is -1.60. The van der Waals surface area contributed by atoms with Gasteiger partial charge in [0.05, 0.1) is 5.69 Å². The molecule has 3 aromatic heterocycles. The predicted molar refractivity (Wildman–Crippen MR) is 157 cm³/mol. The van der Waals surface area contributed by atoms with Gasteiger partial charge in [0.15, 0.2) is 0 Å². The highest BCUT2D eigenvalue weighted by Crippen LogP contribution is 2.16. The van der Waals surface area contributed by atoms with Crippen LogP contribution in [0.1, 0.15) is 0 Å². The third-order valence-electron chi connectivity index (χ3n) is 6.56. The lowest BCUT2D eigenvalue weighted by atomic mass is 9.92. The average Bonchev–Trinajstić information content (AvgIpc) is 3.64. The van der Waals surface area contributed by atoms with Gasteiger partial charge in [0.25, 0.3) is 7.12 Å². The van der Waals surface area contributed by atoms with E-state index in [2.05, 4.69) is 13.4 Å². The number of rotatable bonds is 6. The van der Waals surface area contributed by atoms with Crippen LogP contribution < -0.4 is 0 Å². The van der Waals surface area contributed by atoms with E-state index in [1.807, 2.05) is 142 Å². The van der Waals surface area contributed by atoms with Crippen molar-refractivity contribution >= 4 is 43.8 Å². The van der Waals surface area contributed by atoms with Crippen LogP contribution in [0.2, 0.25) is 0 Å². The van der Waals surface area contributed by atoms with Gasteiger partial charge >= 0.3 is 17.0 Å². The normalized spacial score (nSPS) is 11.3. The third kappa shape index (κ3) is 4.19. The molecule has 0 aliphatic rings. The molecular formula is C27H22BN6S3. The second-order valence-corrected chi connectivity index (χ2v) is 9.79. The first-order valence-electron chi connectivity index (χ1n) is 11.9. The number of hydrogen-bond donors (Lipinski definition) is 0. The second-order valence-electron chi connectivity index (χ2n) is 8.69. The van der Waals surface area contributed by atoms with E-state index in [1.54, 1.807) is 0 Å². The molecule has 3 aromatic carbocycles. The SMILES string of the molecule is S=c1n([BH-](n2ccn(-c3ccccc3)c2=S)n2ccn(-c3ccccc3)c2=[S+])ccn1-c1ccccc1. The number of hydrogen-bond acceptors (Lipinski definition) is 3. The Kier molecular flexibility index (Phi) is 6.21. The summed E-state index contributed by atoms with van der Waals surface area (Å²) in [6, 6.07) is 30.3. The quantitative estimate of drug-likeness (QED) is 0.156. The summed E-state index contributed by atoms with van der Waals surface area (Å²) in [6.45, 7) is 0. The van der Waals surface area contributed by atoms with Crippen molar-refractivity contribution in [3.8, 4) is 17.1 Å². The molecular weight excluding hydrogens is 515 g/mol. The van der Waals surface area contributed by atoms with Crippen molar-refractivity contribution in [1.29, 1.82) is 0 Å². The van der Waals surface area contributed by atoms with Gasteiger partial charge in [-0.25, -0.2) is 0 Å². The molecule has 0 saturated heterocycles. The lowest BCUT2D eigenvalue weighted by Gasteiger charge is -2.28. The van der Waals surface area contributed by atoms with Crippen molar-refractivity contribution in [2.45, 2.75) is 0 Å². The minimum absolute atomic E-state index is 0.662. The Morgan fingerprint density at radius 3 is 1.24 bits per heavy atom. The molecule has 3 heterocycles. The van der Waals surface area contributed by atoms with Gasteiger partial charge < -0.3 is 13.4 Å². The van der Waals surface area contributed by atoms with Crippen molar-refractivity contribution in [3.05, 3.63) is 142 Å². The monoisotopic (exact) mass is 537 g/mol. The Labute approximate surface area is 229 Å². The molecule has 10 heteroatoms. The number of benzene rings is 3. The van der Waals surface area contributed by atoms with Crippen LogP contribution in [0.15, 0.2) is 128 Å². The molecule has 181 valence electrons. The summed E-state index contributed by atoms with van der Waals surface area (Å²) in [6.07, 6.45) is 12.0. The zero-order chi connectivity index (χ0) is 25.4. The molecule has 37 heavy (non-hydrogen) atoms. The highest BCUT2D eigenvalue weighted by molar-refractivity contribution is 7.71. The van der Waals surface area contributed by atoms with E-state index in [0.717, 1.165) is 17.1 Å². The van der Waals surface area contributed by atoms with Crippen molar-refractivity contribution in [2.24, 2.45) is 0 Å². The highest BCUT2D eigenvalue weighted by atomic mass is 32.1. The summed E-state index contributed by atoms with van der Waals surface area (Å²) < 4.78 is 14.3. The van der Waals surface area contributed by atoms with Crippen LogP contribution >= 0.6 is 24.4 Å². The third-order valence-corrected chi connectivity index (χ3v) is 7.85. The molecule has 0 aliphatic carbocycles. The fourth-order valence-electron chi connectivity index (χ4n) is 4.73. The Bertz CT molecular complexity index is 1630. The zero-order valence-corrected chi connectivity index (χ0v) is 22.2. The van der Waals surface area contributed by atoms with Gasteiger partial charge in [0.1, 0.15) is 9.54 Å². The molecule has 6 aromatic rings. The number of aromatic nitrogens is 6. The van der Waals surface area contributed by atoms with Gasteiger partial charge in [-0.2, -0.15) is 0 Å². The van der Waals surface area contributed by atoms with Gasteiger partial charge in [-0.1, -0.05) is 54.6 Å². The zero-order valence-electron chi connectivity index (χ0n) is 19.7. The van der Waals surface area contributed by atoms with Crippen LogP contribution in [0.3, 0.4) is 0 Å². The molecule has 0 saturated carbocycles. The van der Waals surface area contributed by atoms with E-state index in [0.29, 0.717) is 14.3 Å². The predicted octanol–water partition coefficient (Wildman–Crippen LogP) is 5.66. The summed E-state index contributed by atoms with van der Waals surface area (Å²) in [5.41, 5.74) is 3.00. The molecule has 0 spiro atoms. The molecule has 0 atom stereocenters. The lowest BCUT2D eigenvalue weighted by Crippen LogP contribution is -2.41. The molecule has 6 rings (SSSR count). The lowest BCUT2D eigenvalue weighted by molar-refractivity contribution is 0.878. The molecule has 6 nitrogen and oxygen atoms in total. The fourth-order valence-corrected chi connectivity index (χ4v) is 5.76. The Balaban J connectivity index is 1.56. The Morgan fingerprint density at radius 1 is 0.459 bits per heavy atom. The van der Waals surface area contributed by atoms with Crippen molar-refractivity contribution < 1.29 is 0 Å². The van der Waals surface area contributed by atoms with Crippen LogP contribution in [0.5, 0.6) is 0 Å². The maximum Gasteiger partial charge on any atom is 0.575 e. The molecule has 0 bridgehead atoms. The van der Waals surface area contributed by atoms with E-state index >= 15 is 0 Å². The van der Waals surface area contributed by atoms with Gasteiger partial charge in [-0.3, -0.25) is 13.7 Å². The van der Waals surface area contributed by atoms with Gasteiger partial charge in [-0.05, 0) is 79.4 Å². The first-order chi connectivity index (χ1) is 18.1. The van der Waals surface area contributed by atoms with Crippen LogP contribution in [-0.4, -0.2) is 34.3 Å². The van der Waals surface area contributed by atoms with Crippen LogP contribution in [0.25, 0.3) is 17.1 Å². The molecule has 0 unspecified atom stereocenters. The number of para-hydroxylation sites is 3. The molecule has 1 radical (unpaired) electrons. The van der Waals surface area contributed by atoms with Crippen LogP contribution in [-0.2, 0) is 12.2 Å².